The van der Waals surface area contributed by atoms with E-state index < -0.39 is 9.84 Å². The summed E-state index contributed by atoms with van der Waals surface area (Å²) in [7, 11) is -1.16. The van der Waals surface area contributed by atoms with Gasteiger partial charge in [0, 0.05) is 12.3 Å². The van der Waals surface area contributed by atoms with Gasteiger partial charge < -0.3 is 4.42 Å². The average Bonchev–Trinajstić information content (AvgIpc) is 2.75. The molecule has 2 aromatic rings. The molecular weight excluding hydrogens is 300 g/mol. The van der Waals surface area contributed by atoms with Crippen LogP contribution in [0, 0.1) is 13.8 Å². The SMILES string of the molecule is Cc1nc(CN(C)[C@@H](C)c2ccc(S(C)(=O)=O)cc2)oc1C. The molecule has 1 heterocycles. The van der Waals surface area contributed by atoms with E-state index in [-0.39, 0.29) is 6.04 Å². The minimum Gasteiger partial charge on any atom is -0.444 e. The van der Waals surface area contributed by atoms with Crippen molar-refractivity contribution in [2.24, 2.45) is 0 Å². The second kappa shape index (κ2) is 6.22. The van der Waals surface area contributed by atoms with Crippen molar-refractivity contribution in [1.29, 1.82) is 0 Å². The van der Waals surface area contributed by atoms with Crippen molar-refractivity contribution in [1.82, 2.24) is 9.88 Å². The Morgan fingerprint density at radius 2 is 1.82 bits per heavy atom. The van der Waals surface area contributed by atoms with Crippen molar-refractivity contribution < 1.29 is 12.8 Å². The molecular formula is C16H22N2O3S. The molecule has 22 heavy (non-hydrogen) atoms. The van der Waals surface area contributed by atoms with E-state index in [9.17, 15) is 8.42 Å². The van der Waals surface area contributed by atoms with Gasteiger partial charge in [-0.2, -0.15) is 0 Å². The van der Waals surface area contributed by atoms with Gasteiger partial charge >= 0.3 is 0 Å². The molecule has 0 unspecified atom stereocenters. The summed E-state index contributed by atoms with van der Waals surface area (Å²) < 4.78 is 28.6. The van der Waals surface area contributed by atoms with Crippen LogP contribution in [-0.2, 0) is 16.4 Å². The zero-order valence-corrected chi connectivity index (χ0v) is 14.4. The summed E-state index contributed by atoms with van der Waals surface area (Å²) in [6.45, 7) is 6.50. The van der Waals surface area contributed by atoms with E-state index in [0.717, 1.165) is 17.0 Å². The Bertz CT molecular complexity index is 729. The molecule has 0 aliphatic carbocycles. The van der Waals surface area contributed by atoms with Gasteiger partial charge in [-0.25, -0.2) is 13.4 Å². The third-order valence-corrected chi connectivity index (χ3v) is 5.04. The molecule has 120 valence electrons. The largest absolute Gasteiger partial charge is 0.444 e. The number of benzene rings is 1. The van der Waals surface area contributed by atoms with Crippen LogP contribution in [0.3, 0.4) is 0 Å². The summed E-state index contributed by atoms with van der Waals surface area (Å²) in [6, 6.07) is 7.12. The summed E-state index contributed by atoms with van der Waals surface area (Å²) in [5, 5.41) is 0. The first kappa shape index (κ1) is 16.7. The molecule has 1 aromatic carbocycles. The molecule has 0 aliphatic rings. The van der Waals surface area contributed by atoms with Crippen LogP contribution in [0.5, 0.6) is 0 Å². The molecule has 0 radical (unpaired) electrons. The third-order valence-electron chi connectivity index (χ3n) is 3.91. The van der Waals surface area contributed by atoms with E-state index in [1.54, 1.807) is 12.1 Å². The number of nitrogens with zero attached hydrogens (tertiary/aromatic N) is 2. The molecule has 6 heteroatoms. The lowest BCUT2D eigenvalue weighted by Gasteiger charge is -2.23. The number of oxazole rings is 1. The Morgan fingerprint density at radius 1 is 1.23 bits per heavy atom. The Hall–Kier alpha value is -1.66. The van der Waals surface area contributed by atoms with Crippen LogP contribution in [0.15, 0.2) is 33.6 Å². The molecule has 2 rings (SSSR count). The van der Waals surface area contributed by atoms with Crippen LogP contribution in [0.4, 0.5) is 0 Å². The third kappa shape index (κ3) is 3.75. The summed E-state index contributed by atoms with van der Waals surface area (Å²) in [5.74, 6) is 1.53. The quantitative estimate of drug-likeness (QED) is 0.847. The summed E-state index contributed by atoms with van der Waals surface area (Å²) >= 11 is 0. The minimum atomic E-state index is -3.15. The molecule has 5 nitrogen and oxygen atoms in total. The fraction of sp³-hybridized carbons (Fsp3) is 0.438. The average molecular weight is 322 g/mol. The first-order valence-electron chi connectivity index (χ1n) is 7.11. The van der Waals surface area contributed by atoms with Gasteiger partial charge in [-0.05, 0) is 45.5 Å². The number of rotatable bonds is 5. The van der Waals surface area contributed by atoms with Crippen LogP contribution in [0.25, 0.3) is 0 Å². The summed E-state index contributed by atoms with van der Waals surface area (Å²) in [5.41, 5.74) is 1.96. The number of hydrogen-bond acceptors (Lipinski definition) is 5. The lowest BCUT2D eigenvalue weighted by atomic mass is 10.1. The van der Waals surface area contributed by atoms with Gasteiger partial charge in [-0.15, -0.1) is 0 Å². The van der Waals surface area contributed by atoms with Crippen LogP contribution < -0.4 is 0 Å². The number of sulfone groups is 1. The number of aromatic nitrogens is 1. The van der Waals surface area contributed by atoms with Crippen molar-refractivity contribution in [3.63, 3.8) is 0 Å². The molecule has 0 amide bonds. The van der Waals surface area contributed by atoms with Gasteiger partial charge in [0.2, 0.25) is 5.89 Å². The molecule has 0 aliphatic heterocycles. The van der Waals surface area contributed by atoms with Crippen LogP contribution in [0.2, 0.25) is 0 Å². The fourth-order valence-corrected chi connectivity index (χ4v) is 2.84. The van der Waals surface area contributed by atoms with Gasteiger partial charge in [0.15, 0.2) is 9.84 Å². The molecule has 1 atom stereocenters. The van der Waals surface area contributed by atoms with Crippen molar-refractivity contribution in [3.05, 3.63) is 47.2 Å². The molecule has 0 N–H and O–H groups in total. The second-order valence-electron chi connectivity index (χ2n) is 5.68. The monoisotopic (exact) mass is 322 g/mol. The van der Waals surface area contributed by atoms with E-state index in [1.807, 2.05) is 33.0 Å². The van der Waals surface area contributed by atoms with Gasteiger partial charge in [0.1, 0.15) is 5.76 Å². The maximum atomic E-state index is 11.5. The van der Waals surface area contributed by atoms with Crippen molar-refractivity contribution in [3.8, 4) is 0 Å². The highest BCUT2D eigenvalue weighted by Gasteiger charge is 2.16. The van der Waals surface area contributed by atoms with E-state index in [2.05, 4.69) is 16.8 Å². The lowest BCUT2D eigenvalue weighted by molar-refractivity contribution is 0.226. The zero-order valence-electron chi connectivity index (χ0n) is 13.6. The number of aryl methyl sites for hydroxylation is 2. The highest BCUT2D eigenvalue weighted by atomic mass is 32.2. The van der Waals surface area contributed by atoms with Crippen LogP contribution >= 0.6 is 0 Å². The predicted octanol–water partition coefficient (Wildman–Crippen LogP) is 2.89. The smallest absolute Gasteiger partial charge is 0.208 e. The standard InChI is InChI=1S/C16H22N2O3S/c1-11-13(3)21-16(17-11)10-18(4)12(2)14-6-8-15(9-7-14)22(5,19)20/h6-9,12H,10H2,1-5H3/t12-/m0/s1. The topological polar surface area (TPSA) is 63.4 Å². The van der Waals surface area contributed by atoms with E-state index >= 15 is 0 Å². The normalized spacial score (nSPS) is 13.5. The molecule has 1 aromatic heterocycles. The molecule has 0 saturated heterocycles. The summed E-state index contributed by atoms with van der Waals surface area (Å²) in [4.78, 5) is 6.83. The highest BCUT2D eigenvalue weighted by molar-refractivity contribution is 7.90. The van der Waals surface area contributed by atoms with Gasteiger partial charge in [-0.1, -0.05) is 12.1 Å². The summed E-state index contributed by atoms with van der Waals surface area (Å²) in [6.07, 6.45) is 1.21. The van der Waals surface area contributed by atoms with E-state index in [0.29, 0.717) is 17.3 Å². The zero-order chi connectivity index (χ0) is 16.5. The lowest BCUT2D eigenvalue weighted by Crippen LogP contribution is -2.22. The Kier molecular flexibility index (Phi) is 4.72. The Labute approximate surface area is 131 Å². The van der Waals surface area contributed by atoms with Crippen LogP contribution in [0.1, 0.15) is 35.9 Å². The van der Waals surface area contributed by atoms with Gasteiger partial charge in [0.25, 0.3) is 0 Å². The molecule has 0 saturated carbocycles. The molecule has 0 fully saturated rings. The van der Waals surface area contributed by atoms with Crippen molar-refractivity contribution in [2.45, 2.75) is 38.3 Å². The van der Waals surface area contributed by atoms with Crippen molar-refractivity contribution >= 4 is 9.84 Å². The molecule has 0 bridgehead atoms. The van der Waals surface area contributed by atoms with E-state index in [4.69, 9.17) is 4.42 Å². The Balaban J connectivity index is 2.11. The van der Waals surface area contributed by atoms with Crippen molar-refractivity contribution in [2.75, 3.05) is 13.3 Å². The second-order valence-corrected chi connectivity index (χ2v) is 7.70. The predicted molar refractivity (Wildman–Crippen MR) is 85.4 cm³/mol. The fourth-order valence-electron chi connectivity index (χ4n) is 2.21. The van der Waals surface area contributed by atoms with Crippen LogP contribution in [-0.4, -0.2) is 31.6 Å². The van der Waals surface area contributed by atoms with Gasteiger partial charge in [0.05, 0.1) is 17.1 Å². The molecule has 0 spiro atoms. The highest BCUT2D eigenvalue weighted by Crippen LogP contribution is 2.22. The number of hydrogen-bond donors (Lipinski definition) is 0. The maximum Gasteiger partial charge on any atom is 0.208 e. The minimum absolute atomic E-state index is 0.126. The first-order valence-corrected chi connectivity index (χ1v) is 9.01. The van der Waals surface area contributed by atoms with E-state index in [1.165, 1.54) is 6.26 Å². The first-order chi connectivity index (χ1) is 10.2. The Morgan fingerprint density at radius 3 is 2.27 bits per heavy atom. The van der Waals surface area contributed by atoms with Gasteiger partial charge in [-0.3, -0.25) is 4.90 Å². The maximum absolute atomic E-state index is 11.5.